The SMILES string of the molecule is CCCN(CC(=O)O)C(=O)NCCC1CCCO1. The molecule has 1 heterocycles. The lowest BCUT2D eigenvalue weighted by Gasteiger charge is -2.21. The summed E-state index contributed by atoms with van der Waals surface area (Å²) in [5.41, 5.74) is 0. The van der Waals surface area contributed by atoms with Gasteiger partial charge in [0.15, 0.2) is 0 Å². The lowest BCUT2D eigenvalue weighted by atomic mass is 10.2. The third kappa shape index (κ3) is 5.35. The molecule has 6 nitrogen and oxygen atoms in total. The molecule has 0 aromatic carbocycles. The minimum absolute atomic E-state index is 0.240. The molecular weight excluding hydrogens is 236 g/mol. The molecule has 1 aliphatic heterocycles. The number of aliphatic carboxylic acids is 1. The molecule has 1 unspecified atom stereocenters. The van der Waals surface area contributed by atoms with Crippen molar-refractivity contribution >= 4 is 12.0 Å². The Kier molecular flexibility index (Phi) is 6.49. The molecule has 1 saturated heterocycles. The number of carboxylic acids is 1. The van der Waals surface area contributed by atoms with E-state index in [2.05, 4.69) is 5.32 Å². The van der Waals surface area contributed by atoms with Gasteiger partial charge < -0.3 is 20.1 Å². The molecule has 2 amide bonds. The average molecular weight is 258 g/mol. The Morgan fingerprint density at radius 3 is 2.83 bits per heavy atom. The molecule has 1 rings (SSSR count). The first-order valence-corrected chi connectivity index (χ1v) is 6.49. The van der Waals surface area contributed by atoms with Gasteiger partial charge in [-0.15, -0.1) is 0 Å². The normalized spacial score (nSPS) is 18.6. The molecule has 1 atom stereocenters. The summed E-state index contributed by atoms with van der Waals surface area (Å²) in [6.45, 7) is 3.45. The third-order valence-corrected chi connectivity index (χ3v) is 2.87. The number of rotatable bonds is 7. The van der Waals surface area contributed by atoms with E-state index in [4.69, 9.17) is 9.84 Å². The van der Waals surface area contributed by atoms with Crippen LogP contribution in [0.1, 0.15) is 32.6 Å². The van der Waals surface area contributed by atoms with Crippen LogP contribution in [0.4, 0.5) is 4.79 Å². The summed E-state index contributed by atoms with van der Waals surface area (Å²) in [7, 11) is 0. The Balaban J connectivity index is 2.24. The smallest absolute Gasteiger partial charge is 0.323 e. The van der Waals surface area contributed by atoms with Crippen LogP contribution in [-0.4, -0.2) is 54.4 Å². The van der Waals surface area contributed by atoms with Crippen LogP contribution in [0.5, 0.6) is 0 Å². The fourth-order valence-electron chi connectivity index (χ4n) is 2.01. The first-order valence-electron chi connectivity index (χ1n) is 6.49. The number of hydrogen-bond donors (Lipinski definition) is 2. The summed E-state index contributed by atoms with van der Waals surface area (Å²) in [6.07, 6.45) is 3.90. The summed E-state index contributed by atoms with van der Waals surface area (Å²) in [6, 6.07) is -0.308. The van der Waals surface area contributed by atoms with E-state index in [0.717, 1.165) is 32.3 Å². The number of ether oxygens (including phenoxy) is 1. The first-order chi connectivity index (χ1) is 8.63. The van der Waals surface area contributed by atoms with Crippen molar-refractivity contribution in [1.82, 2.24) is 10.2 Å². The van der Waals surface area contributed by atoms with Crippen LogP contribution in [0.3, 0.4) is 0 Å². The Hall–Kier alpha value is -1.30. The van der Waals surface area contributed by atoms with Crippen molar-refractivity contribution in [3.05, 3.63) is 0 Å². The highest BCUT2D eigenvalue weighted by Gasteiger charge is 2.18. The van der Waals surface area contributed by atoms with Crippen LogP contribution in [0.15, 0.2) is 0 Å². The maximum atomic E-state index is 11.8. The molecular formula is C12H22N2O4. The van der Waals surface area contributed by atoms with Gasteiger partial charge in [-0.3, -0.25) is 4.79 Å². The van der Waals surface area contributed by atoms with Crippen LogP contribution < -0.4 is 5.32 Å². The van der Waals surface area contributed by atoms with Crippen LogP contribution in [0, 0.1) is 0 Å². The predicted octanol–water partition coefficient (Wildman–Crippen LogP) is 1.06. The van der Waals surface area contributed by atoms with Crippen molar-refractivity contribution in [3.8, 4) is 0 Å². The van der Waals surface area contributed by atoms with E-state index in [-0.39, 0.29) is 18.7 Å². The molecule has 0 aliphatic carbocycles. The highest BCUT2D eigenvalue weighted by Crippen LogP contribution is 2.14. The third-order valence-electron chi connectivity index (χ3n) is 2.87. The standard InChI is InChI=1S/C12H22N2O4/c1-2-7-14(9-11(15)16)12(17)13-6-5-10-4-3-8-18-10/h10H,2-9H2,1H3,(H,13,17)(H,15,16). The molecule has 1 aliphatic rings. The molecule has 0 aromatic heterocycles. The lowest BCUT2D eigenvalue weighted by molar-refractivity contribution is -0.137. The Morgan fingerprint density at radius 2 is 2.28 bits per heavy atom. The number of nitrogens with zero attached hydrogens (tertiary/aromatic N) is 1. The first kappa shape index (κ1) is 14.8. The number of urea groups is 1. The highest BCUT2D eigenvalue weighted by atomic mass is 16.5. The van der Waals surface area contributed by atoms with Crippen molar-refractivity contribution in [2.75, 3.05) is 26.2 Å². The maximum Gasteiger partial charge on any atom is 0.323 e. The predicted molar refractivity (Wildman–Crippen MR) is 66.5 cm³/mol. The summed E-state index contributed by atoms with van der Waals surface area (Å²) in [4.78, 5) is 23.7. The zero-order valence-electron chi connectivity index (χ0n) is 10.9. The minimum Gasteiger partial charge on any atom is -0.480 e. The quantitative estimate of drug-likeness (QED) is 0.715. The number of carbonyl (C=O) groups is 2. The van der Waals surface area contributed by atoms with Gasteiger partial charge in [0.25, 0.3) is 0 Å². The van der Waals surface area contributed by atoms with Gasteiger partial charge in [0.05, 0.1) is 6.10 Å². The summed E-state index contributed by atoms with van der Waals surface area (Å²) in [5.74, 6) is -0.988. The van der Waals surface area contributed by atoms with E-state index < -0.39 is 5.97 Å². The summed E-state index contributed by atoms with van der Waals surface area (Å²) in [5, 5.41) is 11.5. The maximum absolute atomic E-state index is 11.8. The molecule has 0 saturated carbocycles. The fourth-order valence-corrected chi connectivity index (χ4v) is 2.01. The molecule has 104 valence electrons. The number of carboxylic acid groups (broad SMARTS) is 1. The van der Waals surface area contributed by atoms with Crippen molar-refractivity contribution < 1.29 is 19.4 Å². The van der Waals surface area contributed by atoms with Gasteiger partial charge in [0, 0.05) is 19.7 Å². The van der Waals surface area contributed by atoms with E-state index in [1.807, 2.05) is 6.92 Å². The van der Waals surface area contributed by atoms with Crippen molar-refractivity contribution in [1.29, 1.82) is 0 Å². The fraction of sp³-hybridized carbons (Fsp3) is 0.833. The topological polar surface area (TPSA) is 78.9 Å². The molecule has 0 radical (unpaired) electrons. The Labute approximate surface area is 107 Å². The van der Waals surface area contributed by atoms with Crippen molar-refractivity contribution in [2.45, 2.75) is 38.7 Å². The van der Waals surface area contributed by atoms with Gasteiger partial charge in [-0.05, 0) is 25.7 Å². The van der Waals surface area contributed by atoms with Crippen LogP contribution in [-0.2, 0) is 9.53 Å². The number of amides is 2. The molecule has 0 spiro atoms. The van der Waals surface area contributed by atoms with Gasteiger partial charge in [0.1, 0.15) is 6.54 Å². The summed E-state index contributed by atoms with van der Waals surface area (Å²) < 4.78 is 5.45. The Bertz CT molecular complexity index is 277. The number of nitrogens with one attached hydrogen (secondary N) is 1. The van der Waals surface area contributed by atoms with Crippen LogP contribution in [0.2, 0.25) is 0 Å². The van der Waals surface area contributed by atoms with E-state index in [0.29, 0.717) is 13.1 Å². The molecule has 0 aromatic rings. The lowest BCUT2D eigenvalue weighted by Crippen LogP contribution is -2.43. The molecule has 1 fully saturated rings. The molecule has 18 heavy (non-hydrogen) atoms. The largest absolute Gasteiger partial charge is 0.480 e. The zero-order valence-corrected chi connectivity index (χ0v) is 10.9. The second-order valence-corrected chi connectivity index (χ2v) is 4.47. The minimum atomic E-state index is -0.988. The van der Waals surface area contributed by atoms with Crippen molar-refractivity contribution in [3.63, 3.8) is 0 Å². The number of carbonyl (C=O) groups excluding carboxylic acids is 1. The van der Waals surface area contributed by atoms with Crippen LogP contribution in [0.25, 0.3) is 0 Å². The van der Waals surface area contributed by atoms with Gasteiger partial charge in [0.2, 0.25) is 0 Å². The molecule has 6 heteroatoms. The average Bonchev–Trinajstić information content (AvgIpc) is 2.81. The monoisotopic (exact) mass is 258 g/mol. The van der Waals surface area contributed by atoms with Gasteiger partial charge >= 0.3 is 12.0 Å². The van der Waals surface area contributed by atoms with Gasteiger partial charge in [-0.25, -0.2) is 4.79 Å². The second-order valence-electron chi connectivity index (χ2n) is 4.47. The number of hydrogen-bond acceptors (Lipinski definition) is 3. The second kappa shape index (κ2) is 7.92. The van der Waals surface area contributed by atoms with Gasteiger partial charge in [-0.1, -0.05) is 6.92 Å². The van der Waals surface area contributed by atoms with E-state index in [1.165, 1.54) is 4.90 Å². The highest BCUT2D eigenvalue weighted by molar-refractivity contribution is 5.80. The zero-order chi connectivity index (χ0) is 13.4. The summed E-state index contributed by atoms with van der Waals surface area (Å²) >= 11 is 0. The van der Waals surface area contributed by atoms with Crippen molar-refractivity contribution in [2.24, 2.45) is 0 Å². The molecule has 0 bridgehead atoms. The molecule has 2 N–H and O–H groups in total. The van der Waals surface area contributed by atoms with Gasteiger partial charge in [-0.2, -0.15) is 0 Å². The van der Waals surface area contributed by atoms with E-state index >= 15 is 0 Å². The van der Waals surface area contributed by atoms with E-state index in [9.17, 15) is 9.59 Å². The van der Waals surface area contributed by atoms with E-state index in [1.54, 1.807) is 0 Å². The van der Waals surface area contributed by atoms with Crippen LogP contribution >= 0.6 is 0 Å². The Morgan fingerprint density at radius 1 is 1.50 bits per heavy atom.